The molecule has 0 saturated heterocycles. The van der Waals surface area contributed by atoms with Crippen LogP contribution in [-0.2, 0) is 0 Å². The summed E-state index contributed by atoms with van der Waals surface area (Å²) in [6.45, 7) is 0. The van der Waals surface area contributed by atoms with Gasteiger partial charge in [-0.15, -0.1) is 11.3 Å². The van der Waals surface area contributed by atoms with E-state index in [1.807, 2.05) is 23.9 Å². The fourth-order valence-corrected chi connectivity index (χ4v) is 4.86. The summed E-state index contributed by atoms with van der Waals surface area (Å²) < 4.78 is 2.39. The van der Waals surface area contributed by atoms with Gasteiger partial charge in [0, 0.05) is 10.4 Å². The molecule has 1 atom stereocenters. The lowest BCUT2D eigenvalue weighted by Crippen LogP contribution is -2.10. The van der Waals surface area contributed by atoms with Crippen LogP contribution in [0.3, 0.4) is 0 Å². The molecule has 0 radical (unpaired) electrons. The van der Waals surface area contributed by atoms with Crippen molar-refractivity contribution in [2.75, 3.05) is 0 Å². The second kappa shape index (κ2) is 4.78. The molecular weight excluding hydrogens is 252 g/mol. The van der Waals surface area contributed by atoms with Crippen LogP contribution in [0.25, 0.3) is 11.3 Å². The summed E-state index contributed by atoms with van der Waals surface area (Å²) in [5, 5.41) is 2.23. The van der Waals surface area contributed by atoms with Gasteiger partial charge in [0.05, 0.1) is 24.3 Å². The monoisotopic (exact) mass is 272 g/mol. The van der Waals surface area contributed by atoms with Gasteiger partial charge in [-0.3, -0.25) is 0 Å². The SMILES string of the molecule is c1cc2c(s1)C(CCC1CCCCC1)n1cncc1-2. The van der Waals surface area contributed by atoms with E-state index in [4.69, 9.17) is 0 Å². The molecule has 3 heteroatoms. The van der Waals surface area contributed by atoms with Gasteiger partial charge in [0.2, 0.25) is 0 Å². The van der Waals surface area contributed by atoms with Gasteiger partial charge < -0.3 is 4.57 Å². The zero-order valence-corrected chi connectivity index (χ0v) is 12.0. The normalized spacial score (nSPS) is 22.4. The zero-order valence-electron chi connectivity index (χ0n) is 11.2. The first-order valence-electron chi connectivity index (χ1n) is 7.53. The van der Waals surface area contributed by atoms with E-state index in [1.165, 1.54) is 56.2 Å². The topological polar surface area (TPSA) is 17.8 Å². The van der Waals surface area contributed by atoms with Gasteiger partial charge in [0.1, 0.15) is 0 Å². The number of hydrogen-bond acceptors (Lipinski definition) is 2. The third-order valence-corrected chi connectivity index (χ3v) is 5.87. The summed E-state index contributed by atoms with van der Waals surface area (Å²) in [4.78, 5) is 5.90. The molecule has 19 heavy (non-hydrogen) atoms. The number of rotatable bonds is 3. The van der Waals surface area contributed by atoms with Crippen molar-refractivity contribution in [3.63, 3.8) is 0 Å². The Bertz CT molecular complexity index is 523. The molecule has 1 fully saturated rings. The van der Waals surface area contributed by atoms with Crippen molar-refractivity contribution in [3.05, 3.63) is 28.8 Å². The summed E-state index contributed by atoms with van der Waals surface area (Å²) in [5.41, 5.74) is 2.75. The molecule has 0 bridgehead atoms. The van der Waals surface area contributed by atoms with Crippen molar-refractivity contribution in [2.24, 2.45) is 5.92 Å². The highest BCUT2D eigenvalue weighted by Gasteiger charge is 2.30. The maximum Gasteiger partial charge on any atom is 0.0957 e. The molecule has 1 unspecified atom stereocenters. The van der Waals surface area contributed by atoms with Crippen molar-refractivity contribution in [1.82, 2.24) is 9.55 Å². The van der Waals surface area contributed by atoms with Crippen LogP contribution in [0, 0.1) is 5.92 Å². The molecule has 0 N–H and O–H groups in total. The van der Waals surface area contributed by atoms with Gasteiger partial charge in [0.15, 0.2) is 0 Å². The standard InChI is InChI=1S/C16H20N2S/c1-2-4-12(5-3-1)6-7-14-16-13(8-9-19-16)15-10-17-11-18(14)15/h8-12,14H,1-7H2. The van der Waals surface area contributed by atoms with Crippen molar-refractivity contribution in [1.29, 1.82) is 0 Å². The molecule has 3 heterocycles. The number of thiophene rings is 1. The highest BCUT2D eigenvalue weighted by molar-refractivity contribution is 7.10. The van der Waals surface area contributed by atoms with Crippen LogP contribution in [0.15, 0.2) is 24.0 Å². The van der Waals surface area contributed by atoms with Crippen LogP contribution in [0.2, 0.25) is 0 Å². The number of hydrogen-bond donors (Lipinski definition) is 0. The van der Waals surface area contributed by atoms with Crippen molar-refractivity contribution in [3.8, 4) is 11.3 Å². The van der Waals surface area contributed by atoms with E-state index >= 15 is 0 Å². The van der Waals surface area contributed by atoms with Crippen LogP contribution in [-0.4, -0.2) is 9.55 Å². The first kappa shape index (κ1) is 11.7. The molecule has 2 nitrogen and oxygen atoms in total. The largest absolute Gasteiger partial charge is 0.322 e. The molecule has 100 valence electrons. The Kier molecular flexibility index (Phi) is 2.95. The van der Waals surface area contributed by atoms with Gasteiger partial charge in [-0.05, 0) is 30.2 Å². The highest BCUT2D eigenvalue weighted by Crippen LogP contribution is 2.45. The van der Waals surface area contributed by atoms with E-state index in [-0.39, 0.29) is 0 Å². The Hall–Kier alpha value is -1.09. The highest BCUT2D eigenvalue weighted by atomic mass is 32.1. The van der Waals surface area contributed by atoms with Gasteiger partial charge in [-0.2, -0.15) is 0 Å². The number of aromatic nitrogens is 2. The molecular formula is C16H20N2S. The molecule has 2 aliphatic rings. The molecule has 2 aromatic rings. The maximum absolute atomic E-state index is 4.33. The fourth-order valence-electron chi connectivity index (χ4n) is 3.82. The summed E-state index contributed by atoms with van der Waals surface area (Å²) in [6.07, 6.45) is 14.0. The van der Waals surface area contributed by atoms with Crippen LogP contribution in [0.5, 0.6) is 0 Å². The number of fused-ring (bicyclic) bond motifs is 3. The van der Waals surface area contributed by atoms with E-state index in [1.54, 1.807) is 4.88 Å². The van der Waals surface area contributed by atoms with E-state index < -0.39 is 0 Å². The molecule has 1 aliphatic carbocycles. The molecule has 0 aromatic carbocycles. The minimum atomic E-state index is 0.564. The Balaban J connectivity index is 1.52. The first-order chi connectivity index (χ1) is 9.43. The predicted octanol–water partition coefficient (Wildman–Crippen LogP) is 4.87. The van der Waals surface area contributed by atoms with Crippen LogP contribution in [0.4, 0.5) is 0 Å². The second-order valence-electron chi connectivity index (χ2n) is 5.98. The van der Waals surface area contributed by atoms with Crippen molar-refractivity contribution in [2.45, 2.75) is 51.0 Å². The molecule has 1 aliphatic heterocycles. The van der Waals surface area contributed by atoms with Gasteiger partial charge in [-0.25, -0.2) is 4.98 Å². The fraction of sp³-hybridized carbons (Fsp3) is 0.562. The Morgan fingerprint density at radius 2 is 2.11 bits per heavy atom. The molecule has 2 aromatic heterocycles. The Morgan fingerprint density at radius 3 is 3.00 bits per heavy atom. The number of imidazole rings is 1. The minimum Gasteiger partial charge on any atom is -0.322 e. The van der Waals surface area contributed by atoms with Gasteiger partial charge in [-0.1, -0.05) is 32.1 Å². The lowest BCUT2D eigenvalue weighted by Gasteiger charge is -2.23. The summed E-state index contributed by atoms with van der Waals surface area (Å²) in [7, 11) is 0. The zero-order chi connectivity index (χ0) is 12.7. The summed E-state index contributed by atoms with van der Waals surface area (Å²) in [6, 6.07) is 2.82. The predicted molar refractivity (Wildman–Crippen MR) is 79.5 cm³/mol. The Labute approximate surface area is 118 Å². The molecule has 0 spiro atoms. The average Bonchev–Trinajstić information content (AvgIpc) is 3.11. The first-order valence-corrected chi connectivity index (χ1v) is 8.41. The van der Waals surface area contributed by atoms with E-state index in [0.29, 0.717) is 6.04 Å². The van der Waals surface area contributed by atoms with Crippen LogP contribution < -0.4 is 0 Å². The number of nitrogens with zero attached hydrogens (tertiary/aromatic N) is 2. The maximum atomic E-state index is 4.33. The summed E-state index contributed by atoms with van der Waals surface area (Å²) >= 11 is 1.92. The Morgan fingerprint density at radius 1 is 1.21 bits per heavy atom. The minimum absolute atomic E-state index is 0.564. The average molecular weight is 272 g/mol. The van der Waals surface area contributed by atoms with Crippen LogP contribution >= 0.6 is 11.3 Å². The smallest absolute Gasteiger partial charge is 0.0957 e. The molecule has 0 amide bonds. The molecule has 1 saturated carbocycles. The van der Waals surface area contributed by atoms with E-state index in [0.717, 1.165) is 5.92 Å². The lowest BCUT2D eigenvalue weighted by molar-refractivity contribution is 0.319. The van der Waals surface area contributed by atoms with Crippen LogP contribution in [0.1, 0.15) is 55.9 Å². The van der Waals surface area contributed by atoms with E-state index in [9.17, 15) is 0 Å². The van der Waals surface area contributed by atoms with Crippen molar-refractivity contribution < 1.29 is 0 Å². The summed E-state index contributed by atoms with van der Waals surface area (Å²) in [5.74, 6) is 0.977. The van der Waals surface area contributed by atoms with E-state index in [2.05, 4.69) is 21.0 Å². The quantitative estimate of drug-likeness (QED) is 0.779. The molecule has 4 rings (SSSR count). The third kappa shape index (κ3) is 1.95. The van der Waals surface area contributed by atoms with Crippen molar-refractivity contribution >= 4 is 11.3 Å². The van der Waals surface area contributed by atoms with Gasteiger partial charge in [0.25, 0.3) is 0 Å². The third-order valence-electron chi connectivity index (χ3n) is 4.85. The van der Waals surface area contributed by atoms with Gasteiger partial charge >= 0.3 is 0 Å². The lowest BCUT2D eigenvalue weighted by atomic mass is 9.85. The second-order valence-corrected chi connectivity index (χ2v) is 6.93.